The van der Waals surface area contributed by atoms with Crippen LogP contribution in [0.3, 0.4) is 0 Å². The Labute approximate surface area is 202 Å². The Morgan fingerprint density at radius 1 is 1.09 bits per heavy atom. The number of carbonyl (C=O) groups excluding carboxylic acids is 3. The molecule has 7 nitrogen and oxygen atoms in total. The number of nitrogens with zero attached hydrogens (tertiary/aromatic N) is 2. The van der Waals surface area contributed by atoms with E-state index < -0.39 is 17.6 Å². The van der Waals surface area contributed by atoms with Gasteiger partial charge in [0, 0.05) is 49.0 Å². The molecule has 2 aromatic rings. The van der Waals surface area contributed by atoms with Crippen LogP contribution in [0.5, 0.6) is 0 Å². The molecule has 2 amide bonds. The number of anilines is 1. The molecular weight excluding hydrogens is 463 g/mol. The smallest absolute Gasteiger partial charge is 0.285 e. The highest BCUT2D eigenvalue weighted by Crippen LogP contribution is 2.37. The highest BCUT2D eigenvalue weighted by Gasteiger charge is 2.36. The van der Waals surface area contributed by atoms with Gasteiger partial charge in [-0.1, -0.05) is 35.3 Å². The van der Waals surface area contributed by atoms with Crippen LogP contribution in [-0.4, -0.2) is 59.1 Å². The zero-order chi connectivity index (χ0) is 23.9. The number of rotatable bonds is 5. The first kappa shape index (κ1) is 23.5. The lowest BCUT2D eigenvalue weighted by molar-refractivity contribution is -0.136. The molecule has 1 unspecified atom stereocenters. The Balaban J connectivity index is 1.53. The van der Waals surface area contributed by atoms with Gasteiger partial charge >= 0.3 is 0 Å². The normalized spacial score (nSPS) is 22.5. The summed E-state index contributed by atoms with van der Waals surface area (Å²) in [5.74, 6) is -2.58. The van der Waals surface area contributed by atoms with Crippen LogP contribution in [0.2, 0.25) is 10.0 Å². The zero-order valence-corrected chi connectivity index (χ0v) is 20.0. The molecule has 0 aliphatic carbocycles. The molecule has 9 heteroatoms. The maximum absolute atomic E-state index is 13.5. The third-order valence-electron chi connectivity index (χ3n) is 6.45. The molecule has 1 fully saturated rings. The monoisotopic (exact) mass is 488 g/mol. The van der Waals surface area contributed by atoms with Gasteiger partial charge in [0.2, 0.25) is 5.78 Å². The summed E-state index contributed by atoms with van der Waals surface area (Å²) in [7, 11) is 0. The minimum atomic E-state index is -0.990. The van der Waals surface area contributed by atoms with Crippen molar-refractivity contribution in [1.29, 1.82) is 0 Å². The van der Waals surface area contributed by atoms with Crippen LogP contribution in [0.1, 0.15) is 41.3 Å². The predicted molar refractivity (Wildman–Crippen MR) is 129 cm³/mol. The number of amides is 2. The van der Waals surface area contributed by atoms with Crippen molar-refractivity contribution in [1.82, 2.24) is 9.80 Å². The summed E-state index contributed by atoms with van der Waals surface area (Å²) < 4.78 is 0. The third-order valence-corrected chi connectivity index (χ3v) is 7.00. The zero-order valence-electron chi connectivity index (χ0n) is 18.5. The summed E-state index contributed by atoms with van der Waals surface area (Å²) in [5.41, 5.74) is 7.86. The van der Waals surface area contributed by atoms with Gasteiger partial charge in [0.15, 0.2) is 0 Å². The van der Waals surface area contributed by atoms with Crippen molar-refractivity contribution in [3.05, 3.63) is 63.1 Å². The standard InChI is InChI=1S/C24H26Cl2N4O3/c1-13-11-30(14(2)10-29(13)12-15-4-3-5-16(25)6-15)24(33)18-7-17-19(22(31)23(27)32)9-28-21(17)8-20(18)26/h3-8,13-14,19,28H,9-12H2,1-2H3,(H2,27,32)/t13-,14+,19?/m0/s1. The lowest BCUT2D eigenvalue weighted by atomic mass is 9.94. The van der Waals surface area contributed by atoms with Gasteiger partial charge in [-0.2, -0.15) is 0 Å². The molecule has 0 saturated carbocycles. The van der Waals surface area contributed by atoms with Gasteiger partial charge < -0.3 is 16.0 Å². The summed E-state index contributed by atoms with van der Waals surface area (Å²) in [6, 6.07) is 11.1. The van der Waals surface area contributed by atoms with E-state index in [1.807, 2.05) is 36.1 Å². The molecule has 2 aromatic carbocycles. The van der Waals surface area contributed by atoms with Crippen molar-refractivity contribution in [2.24, 2.45) is 5.73 Å². The first-order valence-corrected chi connectivity index (χ1v) is 11.6. The number of halogens is 2. The van der Waals surface area contributed by atoms with E-state index in [9.17, 15) is 14.4 Å². The number of primary amides is 1. The molecule has 0 spiro atoms. The molecule has 0 radical (unpaired) electrons. The topological polar surface area (TPSA) is 95.7 Å². The number of piperazine rings is 1. The molecule has 3 atom stereocenters. The summed E-state index contributed by atoms with van der Waals surface area (Å²) in [6.45, 7) is 6.34. The number of hydrogen-bond acceptors (Lipinski definition) is 5. The summed E-state index contributed by atoms with van der Waals surface area (Å²) >= 11 is 12.6. The predicted octanol–water partition coefficient (Wildman–Crippen LogP) is 3.29. The largest absolute Gasteiger partial charge is 0.384 e. The number of fused-ring (bicyclic) bond motifs is 1. The van der Waals surface area contributed by atoms with Crippen LogP contribution < -0.4 is 11.1 Å². The quantitative estimate of drug-likeness (QED) is 0.629. The van der Waals surface area contributed by atoms with Gasteiger partial charge in [0.25, 0.3) is 11.8 Å². The van der Waals surface area contributed by atoms with Crippen LogP contribution in [-0.2, 0) is 16.1 Å². The number of ketones is 1. The molecule has 0 aromatic heterocycles. The molecule has 2 aliphatic heterocycles. The number of hydrogen-bond donors (Lipinski definition) is 2. The number of nitrogens with two attached hydrogens (primary N) is 1. The van der Waals surface area contributed by atoms with Crippen molar-refractivity contribution < 1.29 is 14.4 Å². The van der Waals surface area contributed by atoms with Crippen molar-refractivity contribution in [3.63, 3.8) is 0 Å². The van der Waals surface area contributed by atoms with Crippen LogP contribution in [0, 0.1) is 0 Å². The first-order valence-electron chi connectivity index (χ1n) is 10.9. The Kier molecular flexibility index (Phi) is 6.66. The maximum Gasteiger partial charge on any atom is 0.285 e. The van der Waals surface area contributed by atoms with E-state index in [-0.39, 0.29) is 24.5 Å². The second-order valence-corrected chi connectivity index (χ2v) is 9.64. The van der Waals surface area contributed by atoms with E-state index in [1.165, 1.54) is 0 Å². The van der Waals surface area contributed by atoms with E-state index in [1.54, 1.807) is 12.1 Å². The first-order chi connectivity index (χ1) is 15.7. The van der Waals surface area contributed by atoms with Crippen LogP contribution in [0.15, 0.2) is 36.4 Å². The van der Waals surface area contributed by atoms with E-state index >= 15 is 0 Å². The van der Waals surface area contributed by atoms with Gasteiger partial charge in [-0.3, -0.25) is 19.3 Å². The Hall–Kier alpha value is -2.61. The lowest BCUT2D eigenvalue weighted by Gasteiger charge is -2.44. The molecule has 2 heterocycles. The van der Waals surface area contributed by atoms with E-state index in [4.69, 9.17) is 28.9 Å². The van der Waals surface area contributed by atoms with Gasteiger partial charge in [-0.25, -0.2) is 0 Å². The van der Waals surface area contributed by atoms with Gasteiger partial charge in [-0.05, 0) is 49.2 Å². The molecular formula is C24H26Cl2N4O3. The van der Waals surface area contributed by atoms with Crippen molar-refractivity contribution >= 4 is 46.5 Å². The second-order valence-electron chi connectivity index (χ2n) is 8.80. The number of nitrogens with one attached hydrogen (secondary N) is 1. The van der Waals surface area contributed by atoms with E-state index in [0.29, 0.717) is 39.9 Å². The minimum absolute atomic E-state index is 0.0432. The minimum Gasteiger partial charge on any atom is -0.384 e. The third kappa shape index (κ3) is 4.71. The highest BCUT2D eigenvalue weighted by atomic mass is 35.5. The Morgan fingerprint density at radius 2 is 1.85 bits per heavy atom. The molecule has 3 N–H and O–H groups in total. The number of benzene rings is 2. The summed E-state index contributed by atoms with van der Waals surface area (Å²) in [6.07, 6.45) is 0. The maximum atomic E-state index is 13.5. The van der Waals surface area contributed by atoms with Gasteiger partial charge in [-0.15, -0.1) is 0 Å². The molecule has 2 aliphatic rings. The Bertz CT molecular complexity index is 1120. The van der Waals surface area contributed by atoms with Crippen LogP contribution in [0.25, 0.3) is 0 Å². The SMILES string of the molecule is C[C@@H]1CN(Cc2cccc(Cl)c2)[C@@H](C)CN1C(=O)c1cc2c(cc1Cl)NCC2C(=O)C(N)=O. The fourth-order valence-electron chi connectivity index (χ4n) is 4.65. The van der Waals surface area contributed by atoms with Gasteiger partial charge in [0.1, 0.15) is 0 Å². The fourth-order valence-corrected chi connectivity index (χ4v) is 5.11. The highest BCUT2D eigenvalue weighted by molar-refractivity contribution is 6.38. The molecule has 33 heavy (non-hydrogen) atoms. The molecule has 1 saturated heterocycles. The molecule has 4 rings (SSSR count). The number of carbonyl (C=O) groups is 3. The molecule has 0 bridgehead atoms. The van der Waals surface area contributed by atoms with Crippen molar-refractivity contribution in [2.45, 2.75) is 38.4 Å². The summed E-state index contributed by atoms with van der Waals surface area (Å²) in [5, 5.41) is 4.08. The fraction of sp³-hybridized carbons (Fsp3) is 0.375. The van der Waals surface area contributed by atoms with Gasteiger partial charge in [0.05, 0.1) is 16.5 Å². The summed E-state index contributed by atoms with van der Waals surface area (Å²) in [4.78, 5) is 41.3. The number of Topliss-reactive ketones (excluding diaryl/α,β-unsaturated/α-hetero) is 1. The average Bonchev–Trinajstić information content (AvgIpc) is 3.16. The molecule has 174 valence electrons. The average molecular weight is 489 g/mol. The van der Waals surface area contributed by atoms with Crippen molar-refractivity contribution in [2.75, 3.05) is 25.0 Å². The Morgan fingerprint density at radius 3 is 2.55 bits per heavy atom. The van der Waals surface area contributed by atoms with E-state index in [0.717, 1.165) is 12.1 Å². The van der Waals surface area contributed by atoms with E-state index in [2.05, 4.69) is 17.1 Å². The lowest BCUT2D eigenvalue weighted by Crippen LogP contribution is -2.57. The second kappa shape index (κ2) is 9.33. The van der Waals surface area contributed by atoms with Crippen molar-refractivity contribution in [3.8, 4) is 0 Å². The van der Waals surface area contributed by atoms with Crippen LogP contribution in [0.4, 0.5) is 5.69 Å². The van der Waals surface area contributed by atoms with Crippen LogP contribution >= 0.6 is 23.2 Å².